The van der Waals surface area contributed by atoms with E-state index in [2.05, 4.69) is 15.6 Å². The van der Waals surface area contributed by atoms with Gasteiger partial charge in [-0.25, -0.2) is 4.79 Å². The van der Waals surface area contributed by atoms with E-state index >= 15 is 0 Å². The van der Waals surface area contributed by atoms with Crippen LogP contribution >= 0.6 is 0 Å². The first-order valence-electron chi connectivity index (χ1n) is 12.7. The number of urea groups is 1. The summed E-state index contributed by atoms with van der Waals surface area (Å²) in [4.78, 5) is 29.3. The maximum Gasteiger partial charge on any atom is 0.321 e. The van der Waals surface area contributed by atoms with Gasteiger partial charge in [-0.1, -0.05) is 12.1 Å². The van der Waals surface area contributed by atoms with Crippen molar-refractivity contribution >= 4 is 17.6 Å². The molecule has 2 bridgehead atoms. The van der Waals surface area contributed by atoms with E-state index in [9.17, 15) is 14.7 Å². The SMILES string of the molecule is C[C@@H]1CN([C@@H](C)CO)C(=O)CCCn2cc(nn2)CO[C@H]1CN(C)C(=O)Nc1ccc2c(c1)OCCO2. The molecule has 1 aromatic heterocycles. The van der Waals surface area contributed by atoms with Crippen LogP contribution in [0.3, 0.4) is 0 Å². The Balaban J connectivity index is 1.46. The van der Waals surface area contributed by atoms with Gasteiger partial charge in [0.2, 0.25) is 5.91 Å². The fourth-order valence-electron chi connectivity index (χ4n) is 4.39. The van der Waals surface area contributed by atoms with Crippen molar-refractivity contribution in [2.24, 2.45) is 5.92 Å². The first-order valence-corrected chi connectivity index (χ1v) is 12.7. The highest BCUT2D eigenvalue weighted by Crippen LogP contribution is 2.32. The van der Waals surface area contributed by atoms with Gasteiger partial charge in [0.1, 0.15) is 18.9 Å². The Bertz CT molecular complexity index is 1080. The summed E-state index contributed by atoms with van der Waals surface area (Å²) in [6.45, 7) is 6.12. The largest absolute Gasteiger partial charge is 0.486 e. The highest BCUT2D eigenvalue weighted by atomic mass is 16.6. The van der Waals surface area contributed by atoms with E-state index in [0.29, 0.717) is 62.0 Å². The lowest BCUT2D eigenvalue weighted by atomic mass is 10.0. The molecule has 3 atom stereocenters. The van der Waals surface area contributed by atoms with Crippen LogP contribution in [0.15, 0.2) is 24.4 Å². The number of hydrogen-bond donors (Lipinski definition) is 2. The van der Waals surface area contributed by atoms with E-state index in [1.807, 2.05) is 20.0 Å². The van der Waals surface area contributed by atoms with Gasteiger partial charge in [0.05, 0.1) is 31.6 Å². The van der Waals surface area contributed by atoms with Crippen LogP contribution in [0.4, 0.5) is 10.5 Å². The highest BCUT2D eigenvalue weighted by molar-refractivity contribution is 5.89. The molecule has 3 heterocycles. The molecule has 2 aromatic rings. The first-order chi connectivity index (χ1) is 17.8. The molecule has 0 spiro atoms. The summed E-state index contributed by atoms with van der Waals surface area (Å²) in [5.41, 5.74) is 1.28. The number of ether oxygens (including phenoxy) is 3. The fraction of sp³-hybridized carbons (Fsp3) is 0.600. The second-order valence-electron chi connectivity index (χ2n) is 9.65. The summed E-state index contributed by atoms with van der Waals surface area (Å²) in [6, 6.07) is 4.64. The third-order valence-electron chi connectivity index (χ3n) is 6.64. The Morgan fingerprint density at radius 2 is 2.08 bits per heavy atom. The van der Waals surface area contributed by atoms with Crippen molar-refractivity contribution in [3.8, 4) is 11.5 Å². The Labute approximate surface area is 216 Å². The number of anilines is 1. The number of likely N-dealkylation sites (N-methyl/N-ethyl adjacent to an activating group) is 1. The number of carbonyl (C=O) groups excluding carboxylic acids is 2. The van der Waals surface area contributed by atoms with Gasteiger partial charge in [-0.2, -0.15) is 0 Å². The van der Waals surface area contributed by atoms with Crippen LogP contribution in [0.1, 0.15) is 32.4 Å². The lowest BCUT2D eigenvalue weighted by Gasteiger charge is -2.35. The van der Waals surface area contributed by atoms with Crippen LogP contribution in [0.25, 0.3) is 0 Å². The number of aliphatic hydroxyl groups excluding tert-OH is 1. The number of amides is 3. The Morgan fingerprint density at radius 3 is 2.86 bits per heavy atom. The summed E-state index contributed by atoms with van der Waals surface area (Å²) in [7, 11) is 1.69. The maximum absolute atomic E-state index is 13.0. The number of benzene rings is 1. The monoisotopic (exact) mass is 516 g/mol. The number of aliphatic hydroxyl groups is 1. The van der Waals surface area contributed by atoms with Crippen molar-refractivity contribution in [1.82, 2.24) is 24.8 Å². The van der Waals surface area contributed by atoms with Crippen LogP contribution in [-0.2, 0) is 22.7 Å². The summed E-state index contributed by atoms with van der Waals surface area (Å²) in [5.74, 6) is 1.08. The number of carbonyl (C=O) groups is 2. The van der Waals surface area contributed by atoms with Crippen molar-refractivity contribution < 1.29 is 28.9 Å². The molecular formula is C25H36N6O6. The molecule has 37 heavy (non-hydrogen) atoms. The second-order valence-corrected chi connectivity index (χ2v) is 9.65. The maximum atomic E-state index is 13.0. The van der Waals surface area contributed by atoms with Gasteiger partial charge in [-0.05, 0) is 25.5 Å². The Morgan fingerprint density at radius 1 is 1.30 bits per heavy atom. The predicted molar refractivity (Wildman–Crippen MR) is 134 cm³/mol. The van der Waals surface area contributed by atoms with Gasteiger partial charge in [0, 0.05) is 50.8 Å². The number of aryl methyl sites for hydroxylation is 1. The molecule has 12 heteroatoms. The number of fused-ring (bicyclic) bond motifs is 3. The molecule has 12 nitrogen and oxygen atoms in total. The third kappa shape index (κ3) is 6.89. The minimum Gasteiger partial charge on any atom is -0.486 e. The molecule has 0 radical (unpaired) electrons. The first kappa shape index (κ1) is 26.7. The number of rotatable bonds is 5. The fourth-order valence-corrected chi connectivity index (χ4v) is 4.39. The average molecular weight is 517 g/mol. The van der Waals surface area contributed by atoms with Gasteiger partial charge >= 0.3 is 6.03 Å². The van der Waals surface area contributed by atoms with E-state index < -0.39 is 6.10 Å². The molecule has 2 aliphatic heterocycles. The van der Waals surface area contributed by atoms with Crippen molar-refractivity contribution in [3.05, 3.63) is 30.1 Å². The van der Waals surface area contributed by atoms with Crippen molar-refractivity contribution in [1.29, 1.82) is 0 Å². The zero-order valence-electron chi connectivity index (χ0n) is 21.6. The molecule has 0 fully saturated rings. The van der Waals surface area contributed by atoms with Gasteiger partial charge in [-0.15, -0.1) is 5.10 Å². The van der Waals surface area contributed by atoms with Crippen molar-refractivity contribution in [2.45, 2.75) is 52.0 Å². The van der Waals surface area contributed by atoms with Gasteiger partial charge in [-0.3, -0.25) is 9.48 Å². The minimum absolute atomic E-state index is 0.0311. The minimum atomic E-state index is -0.400. The second kappa shape index (κ2) is 12.2. The van der Waals surface area contributed by atoms with Gasteiger partial charge in [0.15, 0.2) is 11.5 Å². The number of nitrogens with zero attached hydrogens (tertiary/aromatic N) is 5. The molecule has 1 aromatic carbocycles. The molecule has 3 amide bonds. The molecule has 4 rings (SSSR count). The number of aromatic nitrogens is 3. The van der Waals surface area contributed by atoms with Crippen LogP contribution in [0.2, 0.25) is 0 Å². The molecule has 0 saturated carbocycles. The summed E-state index contributed by atoms with van der Waals surface area (Å²) >= 11 is 0. The highest BCUT2D eigenvalue weighted by Gasteiger charge is 2.29. The molecule has 0 aliphatic carbocycles. The molecule has 0 saturated heterocycles. The zero-order chi connectivity index (χ0) is 26.4. The van der Waals surface area contributed by atoms with E-state index in [1.165, 1.54) is 0 Å². The van der Waals surface area contributed by atoms with Crippen LogP contribution < -0.4 is 14.8 Å². The molecular weight excluding hydrogens is 480 g/mol. The number of hydrogen-bond acceptors (Lipinski definition) is 8. The van der Waals surface area contributed by atoms with Crippen LogP contribution in [0, 0.1) is 5.92 Å². The molecule has 2 aliphatic rings. The third-order valence-corrected chi connectivity index (χ3v) is 6.64. The van der Waals surface area contributed by atoms with Crippen LogP contribution in [-0.4, -0.2) is 93.9 Å². The lowest BCUT2D eigenvalue weighted by molar-refractivity contribution is -0.136. The normalized spacial score (nSPS) is 21.3. The summed E-state index contributed by atoms with van der Waals surface area (Å²) < 4.78 is 19.1. The quantitative estimate of drug-likeness (QED) is 0.614. The topological polar surface area (TPSA) is 131 Å². The van der Waals surface area contributed by atoms with E-state index in [4.69, 9.17) is 14.2 Å². The molecule has 0 unspecified atom stereocenters. The van der Waals surface area contributed by atoms with Crippen LogP contribution in [0.5, 0.6) is 11.5 Å². The van der Waals surface area contributed by atoms with E-state index in [0.717, 1.165) is 0 Å². The average Bonchev–Trinajstić information content (AvgIpc) is 3.36. The molecule has 202 valence electrons. The van der Waals surface area contributed by atoms with E-state index in [1.54, 1.807) is 39.7 Å². The van der Waals surface area contributed by atoms with Gasteiger partial charge < -0.3 is 34.4 Å². The predicted octanol–water partition coefficient (Wildman–Crippen LogP) is 1.74. The van der Waals surface area contributed by atoms with E-state index in [-0.39, 0.29) is 43.7 Å². The summed E-state index contributed by atoms with van der Waals surface area (Å²) in [6.07, 6.45) is 2.38. The number of nitrogens with one attached hydrogen (secondary N) is 1. The van der Waals surface area contributed by atoms with Crippen molar-refractivity contribution in [3.63, 3.8) is 0 Å². The smallest absolute Gasteiger partial charge is 0.321 e. The zero-order valence-corrected chi connectivity index (χ0v) is 21.6. The van der Waals surface area contributed by atoms with Crippen molar-refractivity contribution in [2.75, 3.05) is 45.3 Å². The standard InChI is InChI=1S/C25H36N6O6/c1-17-12-31(18(2)15-32)24(33)5-4-8-30-13-20(27-28-30)16-37-23(17)14-29(3)25(34)26-19-6-7-21-22(11-19)36-10-9-35-21/h6-7,11,13,17-18,23,32H,4-5,8-10,12,14-16H2,1-3H3,(H,26,34)/t17-,18+,23+/m1/s1. The Hall–Kier alpha value is -3.38. The lowest BCUT2D eigenvalue weighted by Crippen LogP contribution is -2.48. The molecule has 2 N–H and O–H groups in total. The summed E-state index contributed by atoms with van der Waals surface area (Å²) in [5, 5.41) is 20.9. The Kier molecular flexibility index (Phi) is 8.82. The van der Waals surface area contributed by atoms with Gasteiger partial charge in [0.25, 0.3) is 0 Å².